The number of carboxylic acids is 1. The lowest BCUT2D eigenvalue weighted by Crippen LogP contribution is -2.42. The van der Waals surface area contributed by atoms with Crippen molar-refractivity contribution in [2.45, 2.75) is 26.3 Å². The highest BCUT2D eigenvalue weighted by Gasteiger charge is 2.18. The number of amides is 2. The van der Waals surface area contributed by atoms with Crippen molar-refractivity contribution < 1.29 is 14.7 Å². The molecule has 19 heavy (non-hydrogen) atoms. The van der Waals surface area contributed by atoms with Gasteiger partial charge in [-0.15, -0.1) is 12.3 Å². The number of urea groups is 1. The number of nitrogens with one attached hydrogen (secondary N) is 2. The quantitative estimate of drug-likeness (QED) is 0.723. The Kier molecular flexibility index (Phi) is 4.95. The maximum Gasteiger partial charge on any atom is 0.327 e. The predicted molar refractivity (Wildman–Crippen MR) is 72.9 cm³/mol. The van der Waals surface area contributed by atoms with Gasteiger partial charge in [0.15, 0.2) is 0 Å². The lowest BCUT2D eigenvalue weighted by molar-refractivity contribution is -0.139. The van der Waals surface area contributed by atoms with E-state index in [9.17, 15) is 9.59 Å². The van der Waals surface area contributed by atoms with Crippen LogP contribution in [0, 0.1) is 26.2 Å². The van der Waals surface area contributed by atoms with E-state index in [-0.39, 0.29) is 6.42 Å². The number of hydrogen-bond donors (Lipinski definition) is 3. The number of rotatable bonds is 4. The van der Waals surface area contributed by atoms with E-state index < -0.39 is 18.0 Å². The van der Waals surface area contributed by atoms with Crippen molar-refractivity contribution >= 4 is 17.7 Å². The zero-order chi connectivity index (χ0) is 14.4. The average Bonchev–Trinajstić information content (AvgIpc) is 2.32. The van der Waals surface area contributed by atoms with Crippen molar-refractivity contribution in [1.82, 2.24) is 5.32 Å². The standard InChI is InChI=1S/C14H16N2O3/c1-4-5-12(13(17)18)16-14(19)15-11-7-6-9(2)8-10(11)3/h1,6-8,12H,5H2,2-3H3,(H,17,18)(H2,15,16,19). The molecule has 0 radical (unpaired) electrons. The Hall–Kier alpha value is -2.48. The van der Waals surface area contributed by atoms with E-state index in [0.29, 0.717) is 5.69 Å². The first-order valence-corrected chi connectivity index (χ1v) is 5.75. The van der Waals surface area contributed by atoms with Gasteiger partial charge in [0, 0.05) is 12.1 Å². The number of aliphatic carboxylic acids is 1. The summed E-state index contributed by atoms with van der Waals surface area (Å²) in [7, 11) is 0. The Morgan fingerprint density at radius 3 is 2.63 bits per heavy atom. The van der Waals surface area contributed by atoms with Gasteiger partial charge in [0.25, 0.3) is 0 Å². The van der Waals surface area contributed by atoms with Crippen molar-refractivity contribution in [3.63, 3.8) is 0 Å². The fourth-order valence-electron chi connectivity index (χ4n) is 1.59. The molecule has 1 atom stereocenters. The minimum Gasteiger partial charge on any atom is -0.480 e. The average molecular weight is 260 g/mol. The van der Waals surface area contributed by atoms with Gasteiger partial charge < -0.3 is 15.7 Å². The van der Waals surface area contributed by atoms with E-state index in [1.165, 1.54) is 0 Å². The third kappa shape index (κ3) is 4.36. The zero-order valence-corrected chi connectivity index (χ0v) is 10.9. The molecule has 0 aliphatic carbocycles. The molecule has 1 aromatic rings. The van der Waals surface area contributed by atoms with E-state index in [2.05, 4.69) is 16.6 Å². The third-order valence-corrected chi connectivity index (χ3v) is 2.56. The van der Waals surface area contributed by atoms with Gasteiger partial charge in [-0.25, -0.2) is 9.59 Å². The summed E-state index contributed by atoms with van der Waals surface area (Å²) in [5.74, 6) is 1.06. The molecule has 0 spiro atoms. The van der Waals surface area contributed by atoms with Crippen LogP contribution in [0.5, 0.6) is 0 Å². The highest BCUT2D eigenvalue weighted by atomic mass is 16.4. The lowest BCUT2D eigenvalue weighted by atomic mass is 10.1. The highest BCUT2D eigenvalue weighted by Crippen LogP contribution is 2.15. The summed E-state index contributed by atoms with van der Waals surface area (Å²) >= 11 is 0. The first-order chi connectivity index (χ1) is 8.93. The van der Waals surface area contributed by atoms with Gasteiger partial charge in [0.05, 0.1) is 0 Å². The Balaban J connectivity index is 2.69. The van der Waals surface area contributed by atoms with Gasteiger partial charge in [-0.3, -0.25) is 0 Å². The minimum absolute atomic E-state index is 0.0599. The first-order valence-electron chi connectivity index (χ1n) is 5.75. The maximum atomic E-state index is 11.7. The lowest BCUT2D eigenvalue weighted by Gasteiger charge is -2.14. The third-order valence-electron chi connectivity index (χ3n) is 2.56. The summed E-state index contributed by atoms with van der Waals surface area (Å²) in [4.78, 5) is 22.5. The Labute approximate surface area is 112 Å². The molecule has 2 amide bonds. The van der Waals surface area contributed by atoms with Crippen molar-refractivity contribution in [1.29, 1.82) is 0 Å². The fourth-order valence-corrected chi connectivity index (χ4v) is 1.59. The molecule has 5 nitrogen and oxygen atoms in total. The van der Waals surface area contributed by atoms with Gasteiger partial charge in [-0.05, 0) is 25.5 Å². The van der Waals surface area contributed by atoms with Crippen LogP contribution < -0.4 is 10.6 Å². The molecule has 100 valence electrons. The molecule has 0 aliphatic rings. The molecule has 1 rings (SSSR count). The molecule has 5 heteroatoms. The molecule has 0 saturated carbocycles. The fraction of sp³-hybridized carbons (Fsp3) is 0.286. The second-order valence-electron chi connectivity index (χ2n) is 4.22. The van der Waals surface area contributed by atoms with Gasteiger partial charge in [-0.1, -0.05) is 17.7 Å². The predicted octanol–water partition coefficient (Wildman–Crippen LogP) is 1.90. The monoisotopic (exact) mass is 260 g/mol. The molecule has 1 unspecified atom stereocenters. The Morgan fingerprint density at radius 2 is 2.11 bits per heavy atom. The number of carboxylic acid groups (broad SMARTS) is 1. The summed E-state index contributed by atoms with van der Waals surface area (Å²) in [6.07, 6.45) is 4.99. The Morgan fingerprint density at radius 1 is 1.42 bits per heavy atom. The van der Waals surface area contributed by atoms with E-state index in [1.54, 1.807) is 6.07 Å². The maximum absolute atomic E-state index is 11.7. The molecular weight excluding hydrogens is 244 g/mol. The number of carbonyl (C=O) groups is 2. The SMILES string of the molecule is C#CCC(NC(=O)Nc1ccc(C)cc1C)C(=O)O. The van der Waals surface area contributed by atoms with Crippen molar-refractivity contribution in [2.75, 3.05) is 5.32 Å². The first kappa shape index (κ1) is 14.6. The molecule has 0 saturated heterocycles. The van der Waals surface area contributed by atoms with Crippen LogP contribution in [0.4, 0.5) is 10.5 Å². The molecule has 0 fully saturated rings. The molecule has 3 N–H and O–H groups in total. The molecule has 0 aliphatic heterocycles. The minimum atomic E-state index is -1.16. The van der Waals surface area contributed by atoms with Crippen LogP contribution in [0.25, 0.3) is 0 Å². The van der Waals surface area contributed by atoms with E-state index in [1.807, 2.05) is 26.0 Å². The smallest absolute Gasteiger partial charge is 0.327 e. The normalized spacial score (nSPS) is 11.2. The number of carbonyl (C=O) groups excluding carboxylic acids is 1. The largest absolute Gasteiger partial charge is 0.480 e. The zero-order valence-electron chi connectivity index (χ0n) is 10.9. The second kappa shape index (κ2) is 6.45. The van der Waals surface area contributed by atoms with Crippen molar-refractivity contribution in [3.05, 3.63) is 29.3 Å². The van der Waals surface area contributed by atoms with Crippen LogP contribution in [-0.2, 0) is 4.79 Å². The van der Waals surface area contributed by atoms with E-state index in [0.717, 1.165) is 11.1 Å². The van der Waals surface area contributed by atoms with Crippen LogP contribution >= 0.6 is 0 Å². The summed E-state index contributed by atoms with van der Waals surface area (Å²) in [6.45, 7) is 3.81. The van der Waals surface area contributed by atoms with Crippen LogP contribution in [0.2, 0.25) is 0 Å². The highest BCUT2D eigenvalue weighted by molar-refractivity contribution is 5.92. The van der Waals surface area contributed by atoms with Gasteiger partial charge in [-0.2, -0.15) is 0 Å². The van der Waals surface area contributed by atoms with Gasteiger partial charge in [0.1, 0.15) is 6.04 Å². The second-order valence-corrected chi connectivity index (χ2v) is 4.22. The number of aryl methyl sites for hydroxylation is 2. The van der Waals surface area contributed by atoms with Crippen LogP contribution in [0.15, 0.2) is 18.2 Å². The number of anilines is 1. The van der Waals surface area contributed by atoms with Crippen LogP contribution in [0.3, 0.4) is 0 Å². The number of hydrogen-bond acceptors (Lipinski definition) is 2. The summed E-state index contributed by atoms with van der Waals surface area (Å²) < 4.78 is 0. The summed E-state index contributed by atoms with van der Waals surface area (Å²) in [5, 5.41) is 13.8. The molecular formula is C14H16N2O3. The number of terminal acetylenes is 1. The van der Waals surface area contributed by atoms with Crippen LogP contribution in [0.1, 0.15) is 17.5 Å². The van der Waals surface area contributed by atoms with E-state index in [4.69, 9.17) is 11.5 Å². The van der Waals surface area contributed by atoms with E-state index >= 15 is 0 Å². The van der Waals surface area contributed by atoms with Crippen molar-refractivity contribution in [2.24, 2.45) is 0 Å². The molecule has 0 aromatic heterocycles. The summed E-state index contributed by atoms with van der Waals surface area (Å²) in [6, 6.07) is 3.87. The molecule has 1 aromatic carbocycles. The number of benzene rings is 1. The summed E-state index contributed by atoms with van der Waals surface area (Å²) in [5.41, 5.74) is 2.62. The van der Waals surface area contributed by atoms with Gasteiger partial charge in [0.2, 0.25) is 0 Å². The molecule has 0 heterocycles. The Bertz CT molecular complexity index is 532. The van der Waals surface area contributed by atoms with Crippen molar-refractivity contribution in [3.8, 4) is 12.3 Å². The topological polar surface area (TPSA) is 78.4 Å². The molecule has 0 bridgehead atoms. The van der Waals surface area contributed by atoms with Crippen LogP contribution in [-0.4, -0.2) is 23.1 Å². The van der Waals surface area contributed by atoms with Gasteiger partial charge >= 0.3 is 12.0 Å².